The molecule has 1 aliphatic carbocycles. The average molecular weight is 571 g/mol. The van der Waals surface area contributed by atoms with E-state index in [0.717, 1.165) is 51.6 Å². The van der Waals surface area contributed by atoms with Gasteiger partial charge in [0.2, 0.25) is 0 Å². The second-order valence-electron chi connectivity index (χ2n) is 8.77. The van der Waals surface area contributed by atoms with E-state index in [9.17, 15) is 9.59 Å². The number of hydrogen-bond acceptors (Lipinski definition) is 7. The van der Waals surface area contributed by atoms with Crippen LogP contribution in [-0.4, -0.2) is 23.0 Å². The molecule has 3 N–H and O–H groups in total. The summed E-state index contributed by atoms with van der Waals surface area (Å²) in [4.78, 5) is 32.4. The molecule has 0 saturated carbocycles. The number of fused-ring (bicyclic) bond motifs is 2. The van der Waals surface area contributed by atoms with E-state index in [1.54, 1.807) is 13.8 Å². The summed E-state index contributed by atoms with van der Waals surface area (Å²) in [6.45, 7) is 3.60. The topological polar surface area (TPSA) is 94.3 Å². The first kappa shape index (κ1) is 24.0. The van der Waals surface area contributed by atoms with E-state index in [-0.39, 0.29) is 12.0 Å². The van der Waals surface area contributed by atoms with Crippen LogP contribution in [0.5, 0.6) is 0 Å². The van der Waals surface area contributed by atoms with E-state index >= 15 is 0 Å². The average Bonchev–Trinajstić information content (AvgIpc) is 3.38. The van der Waals surface area contributed by atoms with Crippen LogP contribution in [-0.2, 0) is 17.6 Å². The maximum Gasteiger partial charge on any atom is 0.342 e. The fourth-order valence-corrected chi connectivity index (χ4v) is 6.46. The molecule has 9 heteroatoms. The lowest BCUT2D eigenvalue weighted by molar-refractivity contribution is 0.0380. The van der Waals surface area contributed by atoms with Crippen molar-refractivity contribution in [2.45, 2.75) is 45.6 Å². The number of aryl methyl sites for hydroxylation is 2. The van der Waals surface area contributed by atoms with Crippen LogP contribution in [0, 0.1) is 0 Å². The molecule has 0 radical (unpaired) electrons. The summed E-state index contributed by atoms with van der Waals surface area (Å²) in [5.74, 6) is -0.834. The van der Waals surface area contributed by atoms with Crippen molar-refractivity contribution in [1.29, 1.82) is 0 Å². The molecule has 180 valence electrons. The third kappa shape index (κ3) is 4.72. The fraction of sp³-hybridized carbons (Fsp3) is 0.269. The van der Waals surface area contributed by atoms with Crippen LogP contribution in [0.2, 0.25) is 0 Å². The van der Waals surface area contributed by atoms with Gasteiger partial charge in [0.1, 0.15) is 20.3 Å². The standard InChI is InChI=1S/C26H24BrN3O3S2/c1-13(2)33-26(32)20-18(14-7-9-16(27)10-8-14)12-34-25(20)30-23(31)22-21(28)17-11-15-5-3-4-6-19(15)29-24(17)35-22/h7-13H,3-6,28H2,1-2H3,(H,30,31). The predicted octanol–water partition coefficient (Wildman–Crippen LogP) is 7.07. The summed E-state index contributed by atoms with van der Waals surface area (Å²) in [7, 11) is 0. The smallest absolute Gasteiger partial charge is 0.342 e. The van der Waals surface area contributed by atoms with Gasteiger partial charge in [-0.2, -0.15) is 0 Å². The molecular weight excluding hydrogens is 546 g/mol. The van der Waals surface area contributed by atoms with E-state index in [1.807, 2.05) is 29.6 Å². The number of amides is 1. The molecule has 3 heterocycles. The molecule has 3 aromatic heterocycles. The number of rotatable bonds is 5. The molecule has 1 aromatic carbocycles. The lowest BCUT2D eigenvalue weighted by atomic mass is 9.95. The number of hydrogen-bond donors (Lipinski definition) is 2. The molecule has 0 unspecified atom stereocenters. The van der Waals surface area contributed by atoms with E-state index in [1.165, 1.54) is 28.2 Å². The summed E-state index contributed by atoms with van der Waals surface area (Å²) in [5.41, 5.74) is 11.1. The summed E-state index contributed by atoms with van der Waals surface area (Å²) in [6, 6.07) is 9.74. The second kappa shape index (κ2) is 9.72. The number of halogens is 1. The second-order valence-corrected chi connectivity index (χ2v) is 11.6. The number of nitrogen functional groups attached to an aromatic ring is 1. The van der Waals surface area contributed by atoms with Gasteiger partial charge in [0.25, 0.3) is 5.91 Å². The molecule has 35 heavy (non-hydrogen) atoms. The van der Waals surface area contributed by atoms with Crippen LogP contribution in [0.4, 0.5) is 10.7 Å². The quantitative estimate of drug-likeness (QED) is 0.251. The number of nitrogens with two attached hydrogens (primary N) is 1. The zero-order chi connectivity index (χ0) is 24.7. The van der Waals surface area contributed by atoms with Crippen molar-refractivity contribution in [3.8, 4) is 11.1 Å². The molecule has 4 aromatic rings. The first-order chi connectivity index (χ1) is 16.8. The normalized spacial score (nSPS) is 13.1. The van der Waals surface area contributed by atoms with E-state index in [2.05, 4.69) is 27.3 Å². The van der Waals surface area contributed by atoms with Crippen LogP contribution in [0.15, 0.2) is 40.2 Å². The van der Waals surface area contributed by atoms with E-state index in [4.69, 9.17) is 15.5 Å². The Bertz CT molecular complexity index is 1440. The fourth-order valence-electron chi connectivity index (χ4n) is 4.26. The van der Waals surface area contributed by atoms with Gasteiger partial charge in [-0.15, -0.1) is 22.7 Å². The molecule has 0 spiro atoms. The predicted molar refractivity (Wildman–Crippen MR) is 147 cm³/mol. The minimum Gasteiger partial charge on any atom is -0.459 e. The maximum atomic E-state index is 13.4. The molecule has 0 saturated heterocycles. The number of carbonyl (C=O) groups excluding carboxylic acids is 2. The van der Waals surface area contributed by atoms with Gasteiger partial charge in [-0.3, -0.25) is 4.79 Å². The Morgan fingerprint density at radius 3 is 2.66 bits per heavy atom. The minimum atomic E-state index is -0.479. The molecule has 5 rings (SSSR count). The SMILES string of the molecule is CC(C)OC(=O)c1c(-c2ccc(Br)cc2)csc1NC(=O)c1sc2nc3c(cc2c1N)CCCC3. The summed E-state index contributed by atoms with van der Waals surface area (Å²) in [5, 5.41) is 6.04. The summed E-state index contributed by atoms with van der Waals surface area (Å²) in [6.07, 6.45) is 3.93. The van der Waals surface area contributed by atoms with Crippen molar-refractivity contribution < 1.29 is 14.3 Å². The highest BCUT2D eigenvalue weighted by molar-refractivity contribution is 9.10. The molecule has 0 atom stereocenters. The highest BCUT2D eigenvalue weighted by Crippen LogP contribution is 2.39. The number of anilines is 2. The van der Waals surface area contributed by atoms with Crippen LogP contribution in [0.3, 0.4) is 0 Å². The van der Waals surface area contributed by atoms with E-state index < -0.39 is 5.97 Å². The lowest BCUT2D eigenvalue weighted by Crippen LogP contribution is -2.16. The molecule has 1 aliphatic rings. The highest BCUT2D eigenvalue weighted by atomic mass is 79.9. The molecule has 1 amide bonds. The number of ether oxygens (including phenoxy) is 1. The van der Waals surface area contributed by atoms with Gasteiger partial charge in [-0.25, -0.2) is 9.78 Å². The summed E-state index contributed by atoms with van der Waals surface area (Å²) < 4.78 is 6.45. The first-order valence-corrected chi connectivity index (χ1v) is 13.9. The molecule has 0 bridgehead atoms. The maximum absolute atomic E-state index is 13.4. The molecule has 6 nitrogen and oxygen atoms in total. The monoisotopic (exact) mass is 569 g/mol. The van der Waals surface area contributed by atoms with Gasteiger partial charge < -0.3 is 15.8 Å². The van der Waals surface area contributed by atoms with Crippen molar-refractivity contribution in [3.05, 3.63) is 61.9 Å². The Labute approximate surface area is 219 Å². The third-order valence-electron chi connectivity index (χ3n) is 5.93. The number of benzene rings is 1. The molecule has 0 fully saturated rings. The van der Waals surface area contributed by atoms with Crippen molar-refractivity contribution in [2.75, 3.05) is 11.1 Å². The zero-order valence-corrected chi connectivity index (χ0v) is 22.5. The Morgan fingerprint density at radius 1 is 1.17 bits per heavy atom. The number of nitrogens with one attached hydrogen (secondary N) is 1. The number of aromatic nitrogens is 1. The van der Waals surface area contributed by atoms with Crippen LogP contribution < -0.4 is 11.1 Å². The lowest BCUT2D eigenvalue weighted by Gasteiger charge is -2.14. The Kier molecular flexibility index (Phi) is 6.65. The molecule has 0 aliphatic heterocycles. The van der Waals surface area contributed by atoms with Crippen molar-refractivity contribution in [1.82, 2.24) is 4.98 Å². The number of esters is 1. The number of carbonyl (C=O) groups is 2. The van der Waals surface area contributed by atoms with Crippen LogP contribution in [0.1, 0.15) is 58.0 Å². The Morgan fingerprint density at radius 2 is 1.91 bits per heavy atom. The number of pyridine rings is 1. The van der Waals surface area contributed by atoms with Crippen molar-refractivity contribution in [3.63, 3.8) is 0 Å². The first-order valence-electron chi connectivity index (χ1n) is 11.4. The Balaban J connectivity index is 1.51. The van der Waals surface area contributed by atoms with Gasteiger partial charge in [-0.05, 0) is 68.9 Å². The van der Waals surface area contributed by atoms with Gasteiger partial charge in [0, 0.05) is 26.5 Å². The van der Waals surface area contributed by atoms with Crippen molar-refractivity contribution >= 4 is 71.4 Å². The van der Waals surface area contributed by atoms with Gasteiger partial charge in [0.15, 0.2) is 0 Å². The van der Waals surface area contributed by atoms with Crippen molar-refractivity contribution in [2.24, 2.45) is 0 Å². The van der Waals surface area contributed by atoms with Gasteiger partial charge >= 0.3 is 5.97 Å². The van der Waals surface area contributed by atoms with E-state index in [0.29, 0.717) is 26.7 Å². The highest BCUT2D eigenvalue weighted by Gasteiger charge is 2.26. The Hall–Kier alpha value is -2.75. The third-order valence-corrected chi connectivity index (χ3v) is 8.46. The molecular formula is C26H24BrN3O3S2. The van der Waals surface area contributed by atoms with Gasteiger partial charge in [0.05, 0.1) is 11.8 Å². The van der Waals surface area contributed by atoms with Crippen LogP contribution >= 0.6 is 38.6 Å². The van der Waals surface area contributed by atoms with Gasteiger partial charge in [-0.1, -0.05) is 28.1 Å². The van der Waals surface area contributed by atoms with Crippen LogP contribution in [0.25, 0.3) is 21.3 Å². The summed E-state index contributed by atoms with van der Waals surface area (Å²) >= 11 is 6.02. The zero-order valence-electron chi connectivity index (χ0n) is 19.3. The largest absolute Gasteiger partial charge is 0.459 e. The number of thiophene rings is 2. The minimum absolute atomic E-state index is 0.293. The number of nitrogens with zero attached hydrogens (tertiary/aromatic N) is 1.